The predicted molar refractivity (Wildman–Crippen MR) is 135 cm³/mol. The number of rotatable bonds is 6. The highest BCUT2D eigenvalue weighted by molar-refractivity contribution is 7.92. The van der Waals surface area contributed by atoms with Gasteiger partial charge < -0.3 is 4.55 Å². The van der Waals surface area contributed by atoms with E-state index >= 15 is 0 Å². The number of imide groups is 1. The summed E-state index contributed by atoms with van der Waals surface area (Å²) in [6, 6.07) is 13.9. The lowest BCUT2D eigenvalue weighted by Gasteiger charge is -2.22. The zero-order valence-electron chi connectivity index (χ0n) is 19.5. The quantitative estimate of drug-likeness (QED) is 0.366. The Balaban J connectivity index is 1.60. The third-order valence-electron chi connectivity index (χ3n) is 5.85. The number of benzene rings is 2. The van der Waals surface area contributed by atoms with E-state index in [2.05, 4.69) is 30.5 Å². The number of amides is 2. The number of carbonyl (C=O) groups is 2. The van der Waals surface area contributed by atoms with Crippen LogP contribution in [-0.4, -0.2) is 32.3 Å². The number of pyridine rings is 1. The molecule has 1 aromatic heterocycles. The molecule has 0 saturated heterocycles. The summed E-state index contributed by atoms with van der Waals surface area (Å²) in [6.45, 7) is 8.14. The van der Waals surface area contributed by atoms with Crippen molar-refractivity contribution in [1.29, 1.82) is 0 Å². The van der Waals surface area contributed by atoms with Crippen LogP contribution in [0.15, 0.2) is 65.8 Å². The van der Waals surface area contributed by atoms with Crippen LogP contribution in [0.25, 0.3) is 0 Å². The fourth-order valence-corrected chi connectivity index (χ4v) is 5.12. The Morgan fingerprint density at radius 3 is 2.35 bits per heavy atom. The van der Waals surface area contributed by atoms with Crippen molar-refractivity contribution in [3.8, 4) is 0 Å². The summed E-state index contributed by atoms with van der Waals surface area (Å²) in [7, 11) is 0. The van der Waals surface area contributed by atoms with Crippen LogP contribution in [0.3, 0.4) is 0 Å². The molecular weight excluding hydrogens is 470 g/mol. The molecule has 0 saturated carbocycles. The number of hydrogen-bond acceptors (Lipinski definition) is 5. The number of carbonyl (C=O) groups excluding carboxylic acids is 2. The van der Waals surface area contributed by atoms with Gasteiger partial charge in [-0.3, -0.25) is 19.5 Å². The highest BCUT2D eigenvalue weighted by atomic mass is 35.5. The molecule has 3 aromatic rings. The molecular formula is C26H26ClN3O3S. The average Bonchev–Trinajstić information content (AvgIpc) is 3.07. The summed E-state index contributed by atoms with van der Waals surface area (Å²) < 4.78 is 16.0. The maximum absolute atomic E-state index is 13.4. The van der Waals surface area contributed by atoms with E-state index in [9.17, 15) is 14.1 Å². The maximum atomic E-state index is 13.4. The summed E-state index contributed by atoms with van der Waals surface area (Å²) in [5.41, 5.74) is 2.61. The molecule has 0 spiro atoms. The third kappa shape index (κ3) is 4.69. The van der Waals surface area contributed by atoms with Crippen LogP contribution in [0.4, 0.5) is 5.69 Å². The van der Waals surface area contributed by atoms with E-state index in [-0.39, 0.29) is 21.6 Å². The van der Waals surface area contributed by atoms with Gasteiger partial charge in [0.05, 0.1) is 21.8 Å². The van der Waals surface area contributed by atoms with Crippen LogP contribution in [0.1, 0.15) is 59.5 Å². The number of halogens is 1. The normalized spacial score (nSPS) is 15.3. The Kier molecular flexibility index (Phi) is 6.71. The van der Waals surface area contributed by atoms with Crippen molar-refractivity contribution in [2.45, 2.75) is 50.5 Å². The SMILES string of the molecule is CC(Cc1cccnc1)N1C(=O)c2c(Cl)ccc(N[S+]([O-])c3ccc(C(C)(C)C)cc3)c2C1=O. The molecule has 1 aliphatic rings. The molecule has 2 unspecified atom stereocenters. The number of nitrogens with zero attached hydrogens (tertiary/aromatic N) is 2. The lowest BCUT2D eigenvalue weighted by Crippen LogP contribution is -2.39. The first-order valence-electron chi connectivity index (χ1n) is 11.0. The van der Waals surface area contributed by atoms with Crippen LogP contribution in [0.2, 0.25) is 5.02 Å². The van der Waals surface area contributed by atoms with Gasteiger partial charge in [0.25, 0.3) is 11.8 Å². The van der Waals surface area contributed by atoms with E-state index < -0.39 is 29.2 Å². The molecule has 1 aliphatic heterocycles. The summed E-state index contributed by atoms with van der Waals surface area (Å²) in [5.74, 6) is -0.910. The fraction of sp³-hybridized carbons (Fsp3) is 0.269. The standard InChI is InChI=1S/C26H26ClN3O3S/c1-16(14-17-6-5-13-28-15-17)30-24(31)22-20(27)11-12-21(23(22)25(30)32)29-34(33)19-9-7-18(8-10-19)26(2,3)4/h5-13,15-16,29H,14H2,1-4H3. The van der Waals surface area contributed by atoms with Crippen molar-refractivity contribution in [3.05, 3.63) is 88.2 Å². The summed E-state index contributed by atoms with van der Waals surface area (Å²) in [4.78, 5) is 32.5. The first-order chi connectivity index (χ1) is 16.1. The first kappa shape index (κ1) is 24.3. The molecule has 2 heterocycles. The highest BCUT2D eigenvalue weighted by Gasteiger charge is 2.42. The molecule has 0 aliphatic carbocycles. The van der Waals surface area contributed by atoms with E-state index in [1.54, 1.807) is 36.7 Å². The summed E-state index contributed by atoms with van der Waals surface area (Å²) in [6.07, 6.45) is 3.85. The number of hydrogen-bond donors (Lipinski definition) is 1. The smallest absolute Gasteiger partial charge is 0.264 e. The van der Waals surface area contributed by atoms with Gasteiger partial charge in [-0.05, 0) is 60.2 Å². The highest BCUT2D eigenvalue weighted by Crippen LogP contribution is 2.37. The molecule has 8 heteroatoms. The van der Waals surface area contributed by atoms with Crippen molar-refractivity contribution in [1.82, 2.24) is 9.88 Å². The number of fused-ring (bicyclic) bond motifs is 1. The van der Waals surface area contributed by atoms with Crippen LogP contribution < -0.4 is 4.72 Å². The second-order valence-electron chi connectivity index (χ2n) is 9.38. The zero-order chi connectivity index (χ0) is 24.6. The van der Waals surface area contributed by atoms with Gasteiger partial charge >= 0.3 is 0 Å². The summed E-state index contributed by atoms with van der Waals surface area (Å²) >= 11 is 4.70. The molecule has 1 N–H and O–H groups in total. The Labute approximate surface area is 207 Å². The van der Waals surface area contributed by atoms with Crippen molar-refractivity contribution in [2.75, 3.05) is 4.72 Å². The maximum Gasteiger partial charge on any atom is 0.264 e. The Morgan fingerprint density at radius 2 is 1.74 bits per heavy atom. The number of nitrogens with one attached hydrogen (secondary N) is 1. The van der Waals surface area contributed by atoms with Crippen molar-refractivity contribution in [2.24, 2.45) is 0 Å². The van der Waals surface area contributed by atoms with Crippen molar-refractivity contribution < 1.29 is 14.1 Å². The molecule has 0 bridgehead atoms. The monoisotopic (exact) mass is 495 g/mol. The molecule has 0 radical (unpaired) electrons. The fourth-order valence-electron chi connectivity index (χ4n) is 4.02. The molecule has 2 atom stereocenters. The lowest BCUT2D eigenvalue weighted by molar-refractivity contribution is 0.0597. The van der Waals surface area contributed by atoms with E-state index in [4.69, 9.17) is 11.6 Å². The largest absolute Gasteiger partial charge is 0.588 e. The molecule has 2 aromatic carbocycles. The van der Waals surface area contributed by atoms with Crippen LogP contribution in [0, 0.1) is 0 Å². The van der Waals surface area contributed by atoms with Crippen molar-refractivity contribution in [3.63, 3.8) is 0 Å². The van der Waals surface area contributed by atoms with Gasteiger partial charge in [0.1, 0.15) is 11.4 Å². The minimum Gasteiger partial charge on any atom is -0.588 e. The molecule has 176 valence electrons. The topological polar surface area (TPSA) is 85.4 Å². The Bertz CT molecular complexity index is 1230. The van der Waals surface area contributed by atoms with Crippen molar-refractivity contribution >= 4 is 40.5 Å². The van der Waals surface area contributed by atoms with E-state index in [0.29, 0.717) is 17.0 Å². The van der Waals surface area contributed by atoms with Gasteiger partial charge in [-0.1, -0.05) is 50.6 Å². The molecule has 34 heavy (non-hydrogen) atoms. The summed E-state index contributed by atoms with van der Waals surface area (Å²) in [5, 5.41) is 0.190. The molecule has 0 fully saturated rings. The minimum absolute atomic E-state index is 0.0206. The average molecular weight is 496 g/mol. The molecule has 4 rings (SSSR count). The molecule has 2 amide bonds. The zero-order valence-corrected chi connectivity index (χ0v) is 21.0. The Hall–Kier alpha value is -2.87. The van der Waals surface area contributed by atoms with Crippen LogP contribution >= 0.6 is 11.6 Å². The second kappa shape index (κ2) is 9.41. The third-order valence-corrected chi connectivity index (χ3v) is 7.27. The van der Waals surface area contributed by atoms with Gasteiger partial charge in [0.2, 0.25) is 0 Å². The lowest BCUT2D eigenvalue weighted by atomic mass is 9.87. The Morgan fingerprint density at radius 1 is 1.06 bits per heavy atom. The van der Waals surface area contributed by atoms with E-state index in [1.165, 1.54) is 4.90 Å². The van der Waals surface area contributed by atoms with Gasteiger partial charge in [0, 0.05) is 18.4 Å². The minimum atomic E-state index is -1.63. The molecule has 6 nitrogen and oxygen atoms in total. The number of anilines is 1. The van der Waals surface area contributed by atoms with Gasteiger partial charge in [-0.2, -0.15) is 0 Å². The second-order valence-corrected chi connectivity index (χ2v) is 11.0. The number of aromatic nitrogens is 1. The van der Waals surface area contributed by atoms with E-state index in [0.717, 1.165) is 11.1 Å². The van der Waals surface area contributed by atoms with Gasteiger partial charge in [-0.25, -0.2) is 4.72 Å². The predicted octanol–water partition coefficient (Wildman–Crippen LogP) is 5.39. The van der Waals surface area contributed by atoms with Crippen LogP contribution in [-0.2, 0) is 23.2 Å². The van der Waals surface area contributed by atoms with Crippen LogP contribution in [0.5, 0.6) is 0 Å². The van der Waals surface area contributed by atoms with Gasteiger partial charge in [-0.15, -0.1) is 0 Å². The first-order valence-corrected chi connectivity index (χ1v) is 12.5. The van der Waals surface area contributed by atoms with Gasteiger partial charge in [0.15, 0.2) is 4.90 Å². The van der Waals surface area contributed by atoms with E-state index in [1.807, 2.05) is 31.2 Å².